The van der Waals surface area contributed by atoms with Gasteiger partial charge in [-0.3, -0.25) is 4.79 Å². The van der Waals surface area contributed by atoms with Gasteiger partial charge in [0.1, 0.15) is 22.7 Å². The quantitative estimate of drug-likeness (QED) is 0.494. The van der Waals surface area contributed by atoms with Crippen molar-refractivity contribution in [3.05, 3.63) is 59.7 Å². The first-order valence-corrected chi connectivity index (χ1v) is 9.50. The molecule has 4 nitrogen and oxygen atoms in total. The molecule has 0 saturated heterocycles. The largest absolute Gasteiger partial charge is 0.487 e. The summed E-state index contributed by atoms with van der Waals surface area (Å²) in [4.78, 5) is 12.6. The van der Waals surface area contributed by atoms with Crippen LogP contribution in [0.5, 0.6) is 11.5 Å². The Balaban J connectivity index is 2.39. The monoisotopic (exact) mass is 381 g/mol. The fourth-order valence-electron chi connectivity index (χ4n) is 2.58. The first kappa shape index (κ1) is 21.5. The molecule has 0 aromatic heterocycles. The molecule has 0 aliphatic carbocycles. The molecular weight excluding hydrogens is 350 g/mol. The first-order valence-electron chi connectivity index (χ1n) is 9.50. The molecule has 0 fully saturated rings. The van der Waals surface area contributed by atoms with Gasteiger partial charge in [0, 0.05) is 18.3 Å². The van der Waals surface area contributed by atoms with Gasteiger partial charge < -0.3 is 14.8 Å². The second kappa shape index (κ2) is 8.51. The molecule has 2 aromatic carbocycles. The third-order valence-corrected chi connectivity index (χ3v) is 3.72. The van der Waals surface area contributed by atoms with Crippen molar-refractivity contribution in [1.29, 1.82) is 0 Å². The van der Waals surface area contributed by atoms with Crippen molar-refractivity contribution < 1.29 is 14.3 Å². The van der Waals surface area contributed by atoms with E-state index in [1.807, 2.05) is 91.1 Å². The Morgan fingerprint density at radius 1 is 0.857 bits per heavy atom. The zero-order chi connectivity index (χ0) is 20.9. The number of hydrogen-bond acceptors (Lipinski definition) is 4. The SMILES string of the molecule is CNc1ccc(C(=O)C=Cc2c(OC(C)(C)C)cccc2OC(C)(C)C)cc1. The van der Waals surface area contributed by atoms with Crippen LogP contribution in [0.2, 0.25) is 0 Å². The maximum absolute atomic E-state index is 12.6. The van der Waals surface area contributed by atoms with Gasteiger partial charge in [0.2, 0.25) is 0 Å². The summed E-state index contributed by atoms with van der Waals surface area (Å²) < 4.78 is 12.2. The number of benzene rings is 2. The average Bonchev–Trinajstić information content (AvgIpc) is 2.58. The summed E-state index contributed by atoms with van der Waals surface area (Å²) in [6, 6.07) is 13.1. The molecule has 0 heterocycles. The molecule has 0 unspecified atom stereocenters. The fraction of sp³-hybridized carbons (Fsp3) is 0.375. The number of hydrogen-bond donors (Lipinski definition) is 1. The lowest BCUT2D eigenvalue weighted by Gasteiger charge is -2.26. The number of ketones is 1. The van der Waals surface area contributed by atoms with Crippen molar-refractivity contribution in [1.82, 2.24) is 0 Å². The second-order valence-electron chi connectivity index (χ2n) is 8.62. The third kappa shape index (κ3) is 6.45. The highest BCUT2D eigenvalue weighted by Crippen LogP contribution is 2.34. The van der Waals surface area contributed by atoms with Crippen LogP contribution in [0, 0.1) is 0 Å². The van der Waals surface area contributed by atoms with Crippen molar-refractivity contribution in [2.24, 2.45) is 0 Å². The Kier molecular flexibility index (Phi) is 6.55. The molecule has 1 N–H and O–H groups in total. The van der Waals surface area contributed by atoms with E-state index < -0.39 is 0 Å². The lowest BCUT2D eigenvalue weighted by molar-refractivity contribution is 0.104. The molecule has 0 atom stereocenters. The van der Waals surface area contributed by atoms with E-state index in [0.717, 1.165) is 11.3 Å². The Bertz CT molecular complexity index is 803. The number of carbonyl (C=O) groups is 1. The van der Waals surface area contributed by atoms with Crippen molar-refractivity contribution in [3.8, 4) is 11.5 Å². The van der Waals surface area contributed by atoms with Crippen LogP contribution in [0.4, 0.5) is 5.69 Å². The summed E-state index contributed by atoms with van der Waals surface area (Å²) >= 11 is 0. The van der Waals surface area contributed by atoms with Gasteiger partial charge in [-0.1, -0.05) is 6.07 Å². The number of carbonyl (C=O) groups excluding carboxylic acids is 1. The van der Waals surface area contributed by atoms with Crippen LogP contribution >= 0.6 is 0 Å². The topological polar surface area (TPSA) is 47.6 Å². The molecule has 0 aliphatic heterocycles. The highest BCUT2D eigenvalue weighted by molar-refractivity contribution is 6.07. The van der Waals surface area contributed by atoms with Gasteiger partial charge in [0.05, 0.1) is 5.56 Å². The lowest BCUT2D eigenvalue weighted by atomic mass is 10.1. The minimum atomic E-state index is -0.365. The van der Waals surface area contributed by atoms with E-state index in [9.17, 15) is 4.79 Å². The number of allylic oxidation sites excluding steroid dienone is 1. The summed E-state index contributed by atoms with van der Waals surface area (Å²) in [6.45, 7) is 12.0. The number of anilines is 1. The minimum absolute atomic E-state index is 0.0741. The van der Waals surface area contributed by atoms with E-state index in [-0.39, 0.29) is 17.0 Å². The molecule has 2 aromatic rings. The molecule has 2 rings (SSSR count). The Hall–Kier alpha value is -2.75. The van der Waals surface area contributed by atoms with Gasteiger partial charge in [-0.05, 0) is 90.1 Å². The highest BCUT2D eigenvalue weighted by Gasteiger charge is 2.19. The number of nitrogens with one attached hydrogen (secondary N) is 1. The Labute approximate surface area is 168 Å². The van der Waals surface area contributed by atoms with E-state index in [1.165, 1.54) is 0 Å². The molecule has 150 valence electrons. The molecule has 0 bridgehead atoms. The number of ether oxygens (including phenoxy) is 2. The van der Waals surface area contributed by atoms with Crippen molar-refractivity contribution in [2.75, 3.05) is 12.4 Å². The summed E-state index contributed by atoms with van der Waals surface area (Å²) in [7, 11) is 1.85. The summed E-state index contributed by atoms with van der Waals surface area (Å²) in [5, 5.41) is 3.05. The summed E-state index contributed by atoms with van der Waals surface area (Å²) in [6.07, 6.45) is 3.34. The van der Waals surface area contributed by atoms with E-state index in [4.69, 9.17) is 9.47 Å². The summed E-state index contributed by atoms with van der Waals surface area (Å²) in [5.74, 6) is 1.29. The molecule has 0 saturated carbocycles. The van der Waals surface area contributed by atoms with Gasteiger partial charge in [0.15, 0.2) is 5.78 Å². The van der Waals surface area contributed by atoms with Crippen molar-refractivity contribution >= 4 is 17.5 Å². The first-order chi connectivity index (χ1) is 13.0. The van der Waals surface area contributed by atoms with Gasteiger partial charge in [0.25, 0.3) is 0 Å². The van der Waals surface area contributed by atoms with Crippen LogP contribution in [0.3, 0.4) is 0 Å². The molecule has 28 heavy (non-hydrogen) atoms. The van der Waals surface area contributed by atoms with E-state index in [0.29, 0.717) is 17.1 Å². The van der Waals surface area contributed by atoms with Crippen LogP contribution in [-0.2, 0) is 0 Å². The normalized spacial score (nSPS) is 12.1. The highest BCUT2D eigenvalue weighted by atomic mass is 16.5. The Morgan fingerprint density at radius 3 is 1.79 bits per heavy atom. The maximum Gasteiger partial charge on any atom is 0.185 e. The van der Waals surface area contributed by atoms with Crippen LogP contribution in [-0.4, -0.2) is 24.0 Å². The van der Waals surface area contributed by atoms with Crippen LogP contribution in [0.15, 0.2) is 48.5 Å². The van der Waals surface area contributed by atoms with E-state index in [1.54, 1.807) is 12.2 Å². The predicted octanol–water partition coefficient (Wildman–Crippen LogP) is 5.98. The molecular formula is C24H31NO3. The van der Waals surface area contributed by atoms with Gasteiger partial charge in [-0.2, -0.15) is 0 Å². The van der Waals surface area contributed by atoms with Gasteiger partial charge in [-0.25, -0.2) is 0 Å². The van der Waals surface area contributed by atoms with Crippen molar-refractivity contribution in [2.45, 2.75) is 52.7 Å². The fourth-order valence-corrected chi connectivity index (χ4v) is 2.58. The zero-order valence-electron chi connectivity index (χ0n) is 17.9. The predicted molar refractivity (Wildman–Crippen MR) is 117 cm³/mol. The van der Waals surface area contributed by atoms with Crippen LogP contribution in [0.25, 0.3) is 6.08 Å². The van der Waals surface area contributed by atoms with Crippen molar-refractivity contribution in [3.63, 3.8) is 0 Å². The molecule has 0 spiro atoms. The lowest BCUT2D eigenvalue weighted by Crippen LogP contribution is -2.25. The molecule has 4 heteroatoms. The standard InChI is InChI=1S/C24H31NO3/c1-23(2,3)27-21-9-8-10-22(28-24(4,5)6)19(21)15-16-20(26)17-11-13-18(25-7)14-12-17/h8-16,25H,1-7H3. The average molecular weight is 382 g/mol. The minimum Gasteiger partial charge on any atom is -0.487 e. The number of rotatable bonds is 6. The van der Waals surface area contributed by atoms with E-state index in [2.05, 4.69) is 5.32 Å². The third-order valence-electron chi connectivity index (χ3n) is 3.72. The van der Waals surface area contributed by atoms with Crippen LogP contribution < -0.4 is 14.8 Å². The maximum atomic E-state index is 12.6. The zero-order valence-corrected chi connectivity index (χ0v) is 17.9. The smallest absolute Gasteiger partial charge is 0.185 e. The summed E-state index contributed by atoms with van der Waals surface area (Å²) in [5.41, 5.74) is 1.62. The van der Waals surface area contributed by atoms with Gasteiger partial charge in [-0.15, -0.1) is 0 Å². The Morgan fingerprint density at radius 2 is 1.36 bits per heavy atom. The molecule has 0 amide bonds. The van der Waals surface area contributed by atoms with E-state index >= 15 is 0 Å². The molecule has 0 radical (unpaired) electrons. The van der Waals surface area contributed by atoms with Crippen LogP contribution in [0.1, 0.15) is 57.5 Å². The second-order valence-corrected chi connectivity index (χ2v) is 8.62. The molecule has 0 aliphatic rings. The van der Waals surface area contributed by atoms with Gasteiger partial charge >= 0.3 is 0 Å².